The zero-order valence-corrected chi connectivity index (χ0v) is 13.9. The quantitative estimate of drug-likeness (QED) is 0.858. The molecular weight excluding hydrogens is 292 g/mol. The van der Waals surface area contributed by atoms with Gasteiger partial charge >= 0.3 is 0 Å². The maximum absolute atomic E-state index is 12.1. The number of benzene rings is 2. The van der Waals surface area contributed by atoms with Crippen molar-refractivity contribution in [3.05, 3.63) is 47.5 Å². The van der Waals surface area contributed by atoms with E-state index in [9.17, 15) is 4.79 Å². The van der Waals surface area contributed by atoms with E-state index in [4.69, 9.17) is 9.47 Å². The zero-order chi connectivity index (χ0) is 16.8. The van der Waals surface area contributed by atoms with Crippen LogP contribution in [0.5, 0.6) is 11.5 Å². The summed E-state index contributed by atoms with van der Waals surface area (Å²) in [4.78, 5) is 12.1. The minimum Gasteiger partial charge on any atom is -0.497 e. The second kappa shape index (κ2) is 7.54. The lowest BCUT2D eigenvalue weighted by atomic mass is 10.1. The number of carbonyl (C=O) groups excluding carboxylic acids is 1. The van der Waals surface area contributed by atoms with E-state index < -0.39 is 0 Å². The third kappa shape index (κ3) is 4.64. The van der Waals surface area contributed by atoms with Crippen LogP contribution in [0.3, 0.4) is 0 Å². The minimum absolute atomic E-state index is 0.118. The van der Waals surface area contributed by atoms with Gasteiger partial charge in [-0.05, 0) is 49.2 Å². The number of anilines is 2. The first-order chi connectivity index (χ1) is 11.0. The number of amides is 1. The van der Waals surface area contributed by atoms with Crippen molar-refractivity contribution in [2.75, 3.05) is 31.4 Å². The monoisotopic (exact) mass is 314 g/mol. The van der Waals surface area contributed by atoms with Crippen molar-refractivity contribution >= 4 is 17.3 Å². The Kier molecular flexibility index (Phi) is 5.46. The van der Waals surface area contributed by atoms with Crippen molar-refractivity contribution in [1.29, 1.82) is 0 Å². The maximum atomic E-state index is 12.1. The molecule has 0 saturated heterocycles. The Balaban J connectivity index is 1.99. The smallest absolute Gasteiger partial charge is 0.243 e. The van der Waals surface area contributed by atoms with Crippen molar-refractivity contribution in [3.63, 3.8) is 0 Å². The summed E-state index contributed by atoms with van der Waals surface area (Å²) in [6.45, 7) is 4.15. The van der Waals surface area contributed by atoms with Crippen LogP contribution in [-0.4, -0.2) is 26.7 Å². The van der Waals surface area contributed by atoms with E-state index in [0.29, 0.717) is 11.5 Å². The zero-order valence-electron chi connectivity index (χ0n) is 13.9. The summed E-state index contributed by atoms with van der Waals surface area (Å²) in [6.07, 6.45) is 0. The van der Waals surface area contributed by atoms with Gasteiger partial charge in [0.2, 0.25) is 5.91 Å². The Labute approximate surface area is 136 Å². The Hall–Kier alpha value is -2.69. The van der Waals surface area contributed by atoms with Gasteiger partial charge in [-0.2, -0.15) is 0 Å². The molecule has 122 valence electrons. The largest absolute Gasteiger partial charge is 0.497 e. The summed E-state index contributed by atoms with van der Waals surface area (Å²) >= 11 is 0. The molecule has 2 aromatic rings. The van der Waals surface area contributed by atoms with E-state index in [-0.39, 0.29) is 12.5 Å². The number of rotatable bonds is 6. The predicted octanol–water partition coefficient (Wildman–Crippen LogP) is 3.37. The van der Waals surface area contributed by atoms with E-state index in [0.717, 1.165) is 22.5 Å². The first-order valence-corrected chi connectivity index (χ1v) is 7.36. The fourth-order valence-electron chi connectivity index (χ4n) is 2.37. The van der Waals surface area contributed by atoms with E-state index >= 15 is 0 Å². The summed E-state index contributed by atoms with van der Waals surface area (Å²) in [5, 5.41) is 5.96. The fourth-order valence-corrected chi connectivity index (χ4v) is 2.37. The molecule has 0 atom stereocenters. The molecule has 0 radical (unpaired) electrons. The number of hydrogen-bond acceptors (Lipinski definition) is 4. The molecule has 2 N–H and O–H groups in total. The molecule has 5 heteroatoms. The van der Waals surface area contributed by atoms with Gasteiger partial charge in [0, 0.05) is 11.8 Å². The van der Waals surface area contributed by atoms with Crippen LogP contribution in [0.2, 0.25) is 0 Å². The van der Waals surface area contributed by atoms with Crippen molar-refractivity contribution in [2.24, 2.45) is 0 Å². The number of hydrogen-bond donors (Lipinski definition) is 2. The highest BCUT2D eigenvalue weighted by Gasteiger charge is 2.08. The molecular formula is C18H22N2O3. The normalized spacial score (nSPS) is 10.1. The molecule has 0 heterocycles. The second-order valence-corrected chi connectivity index (χ2v) is 5.34. The summed E-state index contributed by atoms with van der Waals surface area (Å²) < 4.78 is 10.4. The molecule has 0 aliphatic carbocycles. The molecule has 5 nitrogen and oxygen atoms in total. The molecule has 0 bridgehead atoms. The number of methoxy groups -OCH3 is 2. The molecule has 1 amide bonds. The summed E-state index contributed by atoms with van der Waals surface area (Å²) in [5.74, 6) is 1.21. The van der Waals surface area contributed by atoms with Gasteiger partial charge in [-0.15, -0.1) is 0 Å². The first kappa shape index (κ1) is 16.7. The van der Waals surface area contributed by atoms with Crippen LogP contribution < -0.4 is 20.1 Å². The molecule has 0 saturated carbocycles. The number of ether oxygens (including phenoxy) is 2. The van der Waals surface area contributed by atoms with Crippen molar-refractivity contribution in [1.82, 2.24) is 0 Å². The Morgan fingerprint density at radius 2 is 1.70 bits per heavy atom. The van der Waals surface area contributed by atoms with E-state index in [1.165, 1.54) is 0 Å². The lowest BCUT2D eigenvalue weighted by Crippen LogP contribution is -2.22. The number of nitrogens with one attached hydrogen (secondary N) is 2. The molecule has 0 aliphatic rings. The maximum Gasteiger partial charge on any atom is 0.243 e. The molecule has 0 aliphatic heterocycles. The third-order valence-electron chi connectivity index (χ3n) is 3.35. The van der Waals surface area contributed by atoms with Gasteiger partial charge in [-0.25, -0.2) is 0 Å². The number of carbonyl (C=O) groups is 1. The van der Waals surface area contributed by atoms with Gasteiger partial charge in [-0.3, -0.25) is 4.79 Å². The Morgan fingerprint density at radius 1 is 1.00 bits per heavy atom. The van der Waals surface area contributed by atoms with Gasteiger partial charge in [0.15, 0.2) is 0 Å². The summed E-state index contributed by atoms with van der Waals surface area (Å²) in [5.41, 5.74) is 3.77. The van der Waals surface area contributed by atoms with E-state index in [2.05, 4.69) is 16.7 Å². The third-order valence-corrected chi connectivity index (χ3v) is 3.35. The van der Waals surface area contributed by atoms with Gasteiger partial charge in [0.1, 0.15) is 11.5 Å². The highest BCUT2D eigenvalue weighted by Crippen LogP contribution is 2.28. The fraction of sp³-hybridized carbons (Fsp3) is 0.278. The highest BCUT2D eigenvalue weighted by molar-refractivity contribution is 5.94. The van der Waals surface area contributed by atoms with Crippen LogP contribution >= 0.6 is 0 Å². The van der Waals surface area contributed by atoms with Gasteiger partial charge in [0.05, 0.1) is 26.5 Å². The van der Waals surface area contributed by atoms with Crippen LogP contribution in [0.25, 0.3) is 0 Å². The van der Waals surface area contributed by atoms with Gasteiger partial charge < -0.3 is 20.1 Å². The second-order valence-electron chi connectivity index (χ2n) is 5.34. The van der Waals surface area contributed by atoms with Crippen LogP contribution in [0.1, 0.15) is 11.1 Å². The standard InChI is InChI=1S/C18H22N2O3/c1-12-7-13(2)9-14(8-12)20-18(21)11-19-16-6-5-15(22-3)10-17(16)23-4/h5-10,19H,11H2,1-4H3,(H,20,21). The average molecular weight is 314 g/mol. The van der Waals surface area contributed by atoms with E-state index in [1.54, 1.807) is 20.3 Å². The Morgan fingerprint density at radius 3 is 2.30 bits per heavy atom. The average Bonchev–Trinajstić information content (AvgIpc) is 2.51. The summed E-state index contributed by atoms with van der Waals surface area (Å²) in [6, 6.07) is 11.4. The molecule has 2 rings (SSSR count). The molecule has 0 spiro atoms. The van der Waals surface area contributed by atoms with Crippen LogP contribution in [0.15, 0.2) is 36.4 Å². The molecule has 2 aromatic carbocycles. The topological polar surface area (TPSA) is 59.6 Å². The molecule has 0 aromatic heterocycles. The molecule has 23 heavy (non-hydrogen) atoms. The lowest BCUT2D eigenvalue weighted by Gasteiger charge is -2.13. The first-order valence-electron chi connectivity index (χ1n) is 7.36. The SMILES string of the molecule is COc1ccc(NCC(=O)Nc2cc(C)cc(C)c2)c(OC)c1. The lowest BCUT2D eigenvalue weighted by molar-refractivity contribution is -0.114. The minimum atomic E-state index is -0.118. The van der Waals surface area contributed by atoms with Crippen molar-refractivity contribution < 1.29 is 14.3 Å². The molecule has 0 unspecified atom stereocenters. The molecule has 0 fully saturated rings. The van der Waals surface area contributed by atoms with Crippen LogP contribution in [0, 0.1) is 13.8 Å². The van der Waals surface area contributed by atoms with E-state index in [1.807, 2.05) is 38.1 Å². The summed E-state index contributed by atoms with van der Waals surface area (Å²) in [7, 11) is 3.18. The van der Waals surface area contributed by atoms with Gasteiger partial charge in [0.25, 0.3) is 0 Å². The van der Waals surface area contributed by atoms with Crippen molar-refractivity contribution in [3.8, 4) is 11.5 Å². The highest BCUT2D eigenvalue weighted by atomic mass is 16.5. The van der Waals surface area contributed by atoms with Crippen molar-refractivity contribution in [2.45, 2.75) is 13.8 Å². The predicted molar refractivity (Wildman–Crippen MR) is 92.6 cm³/mol. The Bertz CT molecular complexity index is 678. The van der Waals surface area contributed by atoms with Crippen LogP contribution in [0.4, 0.5) is 11.4 Å². The number of aryl methyl sites for hydroxylation is 2. The van der Waals surface area contributed by atoms with Crippen LogP contribution in [-0.2, 0) is 4.79 Å². The van der Waals surface area contributed by atoms with Gasteiger partial charge in [-0.1, -0.05) is 6.07 Å².